The highest BCUT2D eigenvalue weighted by Gasteiger charge is 2.50. The van der Waals surface area contributed by atoms with E-state index in [1.807, 2.05) is 68.4 Å². The monoisotopic (exact) mass is 384 g/mol. The van der Waals surface area contributed by atoms with Crippen molar-refractivity contribution < 1.29 is 13.2 Å². The second-order valence-electron chi connectivity index (χ2n) is 7.57. The molecule has 0 radical (unpaired) electrons. The lowest BCUT2D eigenvalue weighted by Gasteiger charge is -2.46. The van der Waals surface area contributed by atoms with Gasteiger partial charge in [-0.05, 0) is 31.5 Å². The molecule has 2 saturated heterocycles. The summed E-state index contributed by atoms with van der Waals surface area (Å²) in [5.41, 5.74) is 2.99. The van der Waals surface area contributed by atoms with Crippen molar-refractivity contribution in [1.29, 1.82) is 0 Å². The van der Waals surface area contributed by atoms with Crippen LogP contribution < -0.4 is 4.90 Å². The van der Waals surface area contributed by atoms with E-state index < -0.39 is 9.84 Å². The number of amides is 1. The maximum absolute atomic E-state index is 13.1. The van der Waals surface area contributed by atoms with Gasteiger partial charge in [-0.25, -0.2) is 8.42 Å². The Bertz CT molecular complexity index is 941. The summed E-state index contributed by atoms with van der Waals surface area (Å²) in [6.07, 6.45) is 0. The van der Waals surface area contributed by atoms with E-state index in [4.69, 9.17) is 0 Å². The summed E-state index contributed by atoms with van der Waals surface area (Å²) in [6, 6.07) is 17.1. The number of anilines is 1. The molecule has 2 fully saturated rings. The highest BCUT2D eigenvalue weighted by molar-refractivity contribution is 7.91. The van der Waals surface area contributed by atoms with Crippen LogP contribution in [-0.4, -0.2) is 49.4 Å². The normalized spacial score (nSPS) is 26.0. The van der Waals surface area contributed by atoms with E-state index in [0.29, 0.717) is 0 Å². The average Bonchev–Trinajstić information content (AvgIpc) is 2.97. The molecule has 2 aliphatic rings. The number of benzene rings is 2. The lowest BCUT2D eigenvalue weighted by molar-refractivity contribution is -0.124. The zero-order valence-electron chi connectivity index (χ0n) is 15.6. The fraction of sp³-hybridized carbons (Fsp3) is 0.381. The third kappa shape index (κ3) is 3.39. The number of carbonyl (C=O) groups is 1. The van der Waals surface area contributed by atoms with Gasteiger partial charge in [0.25, 0.3) is 0 Å². The molecule has 5 nitrogen and oxygen atoms in total. The average molecular weight is 385 g/mol. The van der Waals surface area contributed by atoms with Crippen molar-refractivity contribution in [3.63, 3.8) is 0 Å². The van der Waals surface area contributed by atoms with Gasteiger partial charge in [-0.1, -0.05) is 48.0 Å². The Kier molecular flexibility index (Phi) is 4.56. The highest BCUT2D eigenvalue weighted by Crippen LogP contribution is 2.36. The van der Waals surface area contributed by atoms with E-state index in [1.165, 1.54) is 0 Å². The molecule has 2 aromatic rings. The minimum atomic E-state index is -3.19. The topological polar surface area (TPSA) is 57.7 Å². The van der Waals surface area contributed by atoms with Crippen molar-refractivity contribution in [2.24, 2.45) is 0 Å². The number of hydrogen-bond acceptors (Lipinski definition) is 4. The number of nitrogens with zero attached hydrogens (tertiary/aromatic N) is 2. The van der Waals surface area contributed by atoms with Crippen LogP contribution in [0.2, 0.25) is 0 Å². The summed E-state index contributed by atoms with van der Waals surface area (Å²) in [5, 5.41) is 0. The number of piperazine rings is 1. The second-order valence-corrected chi connectivity index (χ2v) is 9.72. The summed E-state index contributed by atoms with van der Waals surface area (Å²) in [4.78, 5) is 16.8. The minimum absolute atomic E-state index is 0.0175. The molecule has 1 amide bonds. The minimum Gasteiger partial charge on any atom is -0.306 e. The quantitative estimate of drug-likeness (QED) is 0.816. The van der Waals surface area contributed by atoms with Crippen molar-refractivity contribution >= 4 is 21.4 Å². The van der Waals surface area contributed by atoms with Gasteiger partial charge in [0.05, 0.1) is 24.1 Å². The van der Waals surface area contributed by atoms with Gasteiger partial charge in [-0.3, -0.25) is 9.69 Å². The van der Waals surface area contributed by atoms with Crippen LogP contribution in [0.4, 0.5) is 5.69 Å². The summed E-state index contributed by atoms with van der Waals surface area (Å²) in [6.45, 7) is 4.26. The van der Waals surface area contributed by atoms with Crippen molar-refractivity contribution in [2.45, 2.75) is 32.0 Å². The van der Waals surface area contributed by atoms with Gasteiger partial charge in [-0.15, -0.1) is 0 Å². The lowest BCUT2D eigenvalue weighted by Crippen LogP contribution is -2.62. The van der Waals surface area contributed by atoms with Crippen LogP contribution >= 0.6 is 0 Å². The van der Waals surface area contributed by atoms with E-state index in [-0.39, 0.29) is 42.1 Å². The molecule has 27 heavy (non-hydrogen) atoms. The van der Waals surface area contributed by atoms with Crippen LogP contribution in [0.1, 0.15) is 24.1 Å². The first kappa shape index (κ1) is 18.2. The molecule has 4 rings (SSSR count). The van der Waals surface area contributed by atoms with Gasteiger partial charge in [0.2, 0.25) is 5.91 Å². The fourth-order valence-corrected chi connectivity index (χ4v) is 6.26. The maximum Gasteiger partial charge on any atom is 0.241 e. The van der Waals surface area contributed by atoms with Crippen molar-refractivity contribution in [1.82, 2.24) is 4.90 Å². The summed E-state index contributed by atoms with van der Waals surface area (Å²) < 4.78 is 24.9. The van der Waals surface area contributed by atoms with E-state index in [0.717, 1.165) is 16.8 Å². The largest absolute Gasteiger partial charge is 0.306 e. The smallest absolute Gasteiger partial charge is 0.241 e. The molecule has 0 saturated carbocycles. The molecule has 3 atom stereocenters. The molecular formula is C21H24N2O3S. The third-order valence-electron chi connectivity index (χ3n) is 5.73. The SMILES string of the molecule is Cc1ccc(N2C(=O)CN([C@@H](C)c3ccccc3)[C@H]3CS(=O)(=O)C[C@H]32)cc1. The first-order valence-corrected chi connectivity index (χ1v) is 11.1. The Morgan fingerprint density at radius 2 is 1.59 bits per heavy atom. The molecule has 0 bridgehead atoms. The van der Waals surface area contributed by atoms with Crippen molar-refractivity contribution in [3.05, 3.63) is 65.7 Å². The molecule has 6 heteroatoms. The number of fused-ring (bicyclic) bond motifs is 1. The highest BCUT2D eigenvalue weighted by atomic mass is 32.2. The van der Waals surface area contributed by atoms with Crippen LogP contribution in [-0.2, 0) is 14.6 Å². The second kappa shape index (κ2) is 6.77. The van der Waals surface area contributed by atoms with E-state index in [2.05, 4.69) is 4.90 Å². The number of carbonyl (C=O) groups excluding carboxylic acids is 1. The first-order chi connectivity index (χ1) is 12.9. The molecule has 0 aromatic heterocycles. The molecule has 0 unspecified atom stereocenters. The Balaban J connectivity index is 1.71. The van der Waals surface area contributed by atoms with Gasteiger partial charge in [-0.2, -0.15) is 0 Å². The van der Waals surface area contributed by atoms with Crippen LogP contribution in [0.5, 0.6) is 0 Å². The maximum atomic E-state index is 13.1. The molecule has 2 aromatic carbocycles. The Hall–Kier alpha value is -2.18. The van der Waals surface area contributed by atoms with E-state index in [1.54, 1.807) is 4.90 Å². The molecule has 2 heterocycles. The molecular weight excluding hydrogens is 360 g/mol. The van der Waals surface area contributed by atoms with Crippen LogP contribution in [0.3, 0.4) is 0 Å². The summed E-state index contributed by atoms with van der Waals surface area (Å²) in [7, 11) is -3.19. The van der Waals surface area contributed by atoms with Gasteiger partial charge < -0.3 is 4.90 Å². The van der Waals surface area contributed by atoms with Crippen LogP contribution in [0.15, 0.2) is 54.6 Å². The summed E-state index contributed by atoms with van der Waals surface area (Å²) in [5.74, 6) is 0.0831. The predicted octanol–water partition coefficient (Wildman–Crippen LogP) is 2.57. The number of hydrogen-bond donors (Lipinski definition) is 0. The van der Waals surface area contributed by atoms with E-state index >= 15 is 0 Å². The fourth-order valence-electron chi connectivity index (χ4n) is 4.30. The van der Waals surface area contributed by atoms with E-state index in [9.17, 15) is 13.2 Å². The molecule has 142 valence electrons. The summed E-state index contributed by atoms with van der Waals surface area (Å²) >= 11 is 0. The molecule has 0 N–H and O–H groups in total. The molecule has 0 aliphatic carbocycles. The lowest BCUT2D eigenvalue weighted by atomic mass is 9.98. The Morgan fingerprint density at radius 3 is 2.26 bits per heavy atom. The van der Waals surface area contributed by atoms with Crippen molar-refractivity contribution in [2.75, 3.05) is 23.0 Å². The zero-order valence-corrected chi connectivity index (χ0v) is 16.4. The molecule has 2 aliphatic heterocycles. The third-order valence-corrected chi connectivity index (χ3v) is 7.43. The number of sulfone groups is 1. The van der Waals surface area contributed by atoms with Gasteiger partial charge >= 0.3 is 0 Å². The molecule has 0 spiro atoms. The Morgan fingerprint density at radius 1 is 0.963 bits per heavy atom. The van der Waals surface area contributed by atoms with Gasteiger partial charge in [0, 0.05) is 17.8 Å². The van der Waals surface area contributed by atoms with Crippen molar-refractivity contribution in [3.8, 4) is 0 Å². The Labute approximate surface area is 160 Å². The van der Waals surface area contributed by atoms with Gasteiger partial charge in [0.1, 0.15) is 0 Å². The first-order valence-electron chi connectivity index (χ1n) is 9.25. The zero-order chi connectivity index (χ0) is 19.2. The van der Waals surface area contributed by atoms with Crippen LogP contribution in [0.25, 0.3) is 0 Å². The number of aryl methyl sites for hydroxylation is 1. The van der Waals surface area contributed by atoms with Gasteiger partial charge in [0.15, 0.2) is 9.84 Å². The van der Waals surface area contributed by atoms with Crippen LogP contribution in [0, 0.1) is 6.92 Å². The standard InChI is InChI=1S/C21H24N2O3S/c1-15-8-10-18(11-9-15)23-20-14-27(25,26)13-19(20)22(12-21(23)24)16(2)17-6-4-3-5-7-17/h3-11,16,19-20H,12-14H2,1-2H3/t16-,19-,20+/m0/s1. The number of rotatable bonds is 3. The predicted molar refractivity (Wildman–Crippen MR) is 106 cm³/mol.